The van der Waals surface area contributed by atoms with Crippen molar-refractivity contribution < 1.29 is 13.2 Å². The van der Waals surface area contributed by atoms with Crippen molar-refractivity contribution >= 4 is 31.9 Å². The number of amides is 1. The summed E-state index contributed by atoms with van der Waals surface area (Å²) in [6.07, 6.45) is 1.61. The van der Waals surface area contributed by atoms with E-state index in [0.29, 0.717) is 5.69 Å². The van der Waals surface area contributed by atoms with Gasteiger partial charge >= 0.3 is 0 Å². The molecule has 0 fully saturated rings. The first-order valence-corrected chi connectivity index (χ1v) is 6.52. The largest absolute Gasteiger partial charge is 0.356 e. The summed E-state index contributed by atoms with van der Waals surface area (Å²) < 4.78 is 21.9. The minimum absolute atomic E-state index is 0.00565. The van der Waals surface area contributed by atoms with Crippen LogP contribution >= 0.6 is 15.9 Å². The molecule has 1 amide bonds. The number of aromatic nitrogens is 1. The van der Waals surface area contributed by atoms with Crippen molar-refractivity contribution in [3.63, 3.8) is 0 Å². The first kappa shape index (κ1) is 12.2. The lowest BCUT2D eigenvalue weighted by atomic mass is 10.4. The van der Waals surface area contributed by atoms with Crippen molar-refractivity contribution in [2.24, 2.45) is 5.14 Å². The molecular weight excluding hydrogens is 286 g/mol. The zero-order chi connectivity index (χ0) is 11.5. The van der Waals surface area contributed by atoms with Crippen molar-refractivity contribution in [1.29, 1.82) is 0 Å². The second kappa shape index (κ2) is 4.77. The van der Waals surface area contributed by atoms with Crippen LogP contribution in [-0.4, -0.2) is 31.6 Å². The van der Waals surface area contributed by atoms with Crippen LogP contribution < -0.4 is 10.5 Å². The van der Waals surface area contributed by atoms with E-state index in [9.17, 15) is 13.2 Å². The molecule has 1 aromatic heterocycles. The maximum absolute atomic E-state index is 11.3. The quantitative estimate of drug-likeness (QED) is 0.716. The number of carbonyl (C=O) groups excluding carboxylic acids is 1. The lowest BCUT2D eigenvalue weighted by Gasteiger charge is -2.01. The molecule has 4 N–H and O–H groups in total. The molecule has 0 aliphatic carbocycles. The Bertz CT molecular complexity index is 454. The van der Waals surface area contributed by atoms with Gasteiger partial charge in [-0.15, -0.1) is 0 Å². The van der Waals surface area contributed by atoms with Crippen LogP contribution in [0.5, 0.6) is 0 Å². The first-order valence-electron chi connectivity index (χ1n) is 4.01. The number of rotatable bonds is 4. The Morgan fingerprint density at radius 2 is 2.27 bits per heavy atom. The predicted octanol–water partition coefficient (Wildman–Crippen LogP) is -0.204. The number of nitrogens with one attached hydrogen (secondary N) is 2. The van der Waals surface area contributed by atoms with Crippen LogP contribution in [0.15, 0.2) is 16.7 Å². The number of hydrogen-bond acceptors (Lipinski definition) is 3. The standard InChI is InChI=1S/C7H10BrN3O3S/c8-5-3-6(11-4-5)7(12)10-1-2-15(9,13)14/h3-4,11H,1-2H2,(H,10,12)(H2,9,13,14). The normalized spacial score (nSPS) is 11.3. The number of sulfonamides is 1. The molecule has 0 bridgehead atoms. The molecule has 15 heavy (non-hydrogen) atoms. The molecule has 0 aromatic carbocycles. The van der Waals surface area contributed by atoms with E-state index in [1.807, 2.05) is 0 Å². The second-order valence-corrected chi connectivity index (χ2v) is 5.50. The number of hydrogen-bond donors (Lipinski definition) is 3. The van der Waals surface area contributed by atoms with Gasteiger partial charge in [-0.1, -0.05) is 0 Å². The number of H-pyrrole nitrogens is 1. The summed E-state index contributed by atoms with van der Waals surface area (Å²) in [6, 6.07) is 1.59. The molecule has 84 valence electrons. The second-order valence-electron chi connectivity index (χ2n) is 2.85. The lowest BCUT2D eigenvalue weighted by molar-refractivity contribution is 0.0952. The van der Waals surface area contributed by atoms with Gasteiger partial charge < -0.3 is 10.3 Å². The highest BCUT2D eigenvalue weighted by atomic mass is 79.9. The van der Waals surface area contributed by atoms with E-state index >= 15 is 0 Å². The van der Waals surface area contributed by atoms with Crippen molar-refractivity contribution in [2.45, 2.75) is 0 Å². The molecule has 1 aromatic rings. The van der Waals surface area contributed by atoms with Gasteiger partial charge in [0.15, 0.2) is 0 Å². The van der Waals surface area contributed by atoms with Crippen LogP contribution in [0.3, 0.4) is 0 Å². The molecule has 1 heterocycles. The summed E-state index contributed by atoms with van der Waals surface area (Å²) in [5.74, 6) is -0.648. The lowest BCUT2D eigenvalue weighted by Crippen LogP contribution is -2.31. The van der Waals surface area contributed by atoms with Crippen LogP contribution in [0.25, 0.3) is 0 Å². The highest BCUT2D eigenvalue weighted by Crippen LogP contribution is 2.09. The van der Waals surface area contributed by atoms with Crippen molar-refractivity contribution in [2.75, 3.05) is 12.3 Å². The van der Waals surface area contributed by atoms with Gasteiger partial charge in [0, 0.05) is 17.2 Å². The smallest absolute Gasteiger partial charge is 0.267 e. The first-order chi connectivity index (χ1) is 6.88. The Labute approximate surface area is 95.4 Å². The number of aromatic amines is 1. The van der Waals surface area contributed by atoms with Gasteiger partial charge in [-0.25, -0.2) is 13.6 Å². The Kier molecular flexibility index (Phi) is 3.89. The molecule has 0 aliphatic heterocycles. The van der Waals surface area contributed by atoms with E-state index < -0.39 is 10.0 Å². The fraction of sp³-hybridized carbons (Fsp3) is 0.286. The molecule has 6 nitrogen and oxygen atoms in total. The highest BCUT2D eigenvalue weighted by molar-refractivity contribution is 9.10. The molecule has 0 spiro atoms. The molecule has 0 atom stereocenters. The Balaban J connectivity index is 2.44. The number of halogens is 1. The third kappa shape index (κ3) is 4.45. The highest BCUT2D eigenvalue weighted by Gasteiger charge is 2.08. The number of primary sulfonamides is 1. The summed E-state index contributed by atoms with van der Waals surface area (Å²) in [6.45, 7) is -0.00565. The molecule has 8 heteroatoms. The number of carbonyl (C=O) groups is 1. The van der Waals surface area contributed by atoms with E-state index in [-0.39, 0.29) is 18.2 Å². The van der Waals surface area contributed by atoms with Gasteiger partial charge in [-0.2, -0.15) is 0 Å². The van der Waals surface area contributed by atoms with Crippen molar-refractivity contribution in [1.82, 2.24) is 10.3 Å². The summed E-state index contributed by atoms with van der Waals surface area (Å²) in [5, 5.41) is 7.19. The number of nitrogens with two attached hydrogens (primary N) is 1. The van der Waals surface area contributed by atoms with E-state index in [2.05, 4.69) is 26.2 Å². The summed E-state index contributed by atoms with van der Waals surface area (Å²) in [5.41, 5.74) is 0.358. The summed E-state index contributed by atoms with van der Waals surface area (Å²) in [4.78, 5) is 14.1. The molecule has 0 unspecified atom stereocenters. The third-order valence-corrected chi connectivity index (χ3v) is 2.80. The van der Waals surface area contributed by atoms with Crippen LogP contribution in [0.1, 0.15) is 10.5 Å². The minimum atomic E-state index is -3.53. The average molecular weight is 296 g/mol. The minimum Gasteiger partial charge on any atom is -0.356 e. The fourth-order valence-electron chi connectivity index (χ4n) is 0.901. The van der Waals surface area contributed by atoms with Gasteiger partial charge in [-0.3, -0.25) is 4.79 Å². The Hall–Kier alpha value is -0.860. The van der Waals surface area contributed by atoms with E-state index in [1.165, 1.54) is 0 Å². The van der Waals surface area contributed by atoms with Crippen LogP contribution in [0.4, 0.5) is 0 Å². The van der Waals surface area contributed by atoms with Gasteiger partial charge in [0.1, 0.15) is 5.69 Å². The summed E-state index contributed by atoms with van der Waals surface area (Å²) >= 11 is 3.17. The van der Waals surface area contributed by atoms with E-state index in [1.54, 1.807) is 12.3 Å². The molecule has 0 radical (unpaired) electrons. The monoisotopic (exact) mass is 295 g/mol. The molecule has 0 saturated heterocycles. The topological polar surface area (TPSA) is 105 Å². The molecule has 0 saturated carbocycles. The maximum atomic E-state index is 11.3. The van der Waals surface area contributed by atoms with Crippen molar-refractivity contribution in [3.05, 3.63) is 22.4 Å². The van der Waals surface area contributed by atoms with Crippen LogP contribution in [0.2, 0.25) is 0 Å². The SMILES string of the molecule is NS(=O)(=O)CCNC(=O)c1cc(Br)c[nH]1. The van der Waals surface area contributed by atoms with Gasteiger partial charge in [0.25, 0.3) is 5.91 Å². The van der Waals surface area contributed by atoms with Gasteiger partial charge in [0.2, 0.25) is 10.0 Å². The summed E-state index contributed by atoms with van der Waals surface area (Å²) in [7, 11) is -3.53. The van der Waals surface area contributed by atoms with Gasteiger partial charge in [-0.05, 0) is 22.0 Å². The predicted molar refractivity (Wildman–Crippen MR) is 58.8 cm³/mol. The van der Waals surface area contributed by atoms with Gasteiger partial charge in [0.05, 0.1) is 5.75 Å². The third-order valence-electron chi connectivity index (χ3n) is 1.56. The zero-order valence-corrected chi connectivity index (χ0v) is 10.1. The van der Waals surface area contributed by atoms with Crippen LogP contribution in [0, 0.1) is 0 Å². The van der Waals surface area contributed by atoms with Crippen LogP contribution in [-0.2, 0) is 10.0 Å². The van der Waals surface area contributed by atoms with Crippen molar-refractivity contribution in [3.8, 4) is 0 Å². The molecule has 1 rings (SSSR count). The van der Waals surface area contributed by atoms with E-state index in [0.717, 1.165) is 4.47 Å². The van der Waals surface area contributed by atoms with E-state index in [4.69, 9.17) is 5.14 Å². The Morgan fingerprint density at radius 3 is 2.73 bits per heavy atom. The molecular formula is C7H10BrN3O3S. The molecule has 0 aliphatic rings. The maximum Gasteiger partial charge on any atom is 0.267 e. The Morgan fingerprint density at radius 1 is 1.60 bits per heavy atom. The fourth-order valence-corrected chi connectivity index (χ4v) is 1.63. The zero-order valence-electron chi connectivity index (χ0n) is 7.66. The average Bonchev–Trinajstić information content (AvgIpc) is 2.49.